The molecule has 1 amide bonds. The number of nitro groups is 1. The Balaban J connectivity index is 1.57. The molecule has 2 aromatic rings. The number of rotatable bonds is 5. The van der Waals surface area contributed by atoms with Crippen LogP contribution in [0.15, 0.2) is 42.7 Å². The Kier molecular flexibility index (Phi) is 5.68. The molecule has 2 heterocycles. The molecule has 3 rings (SSSR count). The summed E-state index contributed by atoms with van der Waals surface area (Å²) in [4.78, 5) is 31.0. The summed E-state index contributed by atoms with van der Waals surface area (Å²) in [5.74, 6) is 0.0964. The minimum absolute atomic E-state index is 0.00569. The average molecular weight is 375 g/mol. The fourth-order valence-electron chi connectivity index (χ4n) is 3.06. The summed E-state index contributed by atoms with van der Waals surface area (Å²) in [5.41, 5.74) is 1.58. The van der Waals surface area contributed by atoms with Crippen LogP contribution in [0.5, 0.6) is 0 Å². The standard InChI is InChI=1S/C18H19ClN4O3/c19-15-4-5-16(17(12-15)23(25)26)21-8-10-22(11-9-21)18(24)6-3-14-2-1-7-20-13-14/h1-2,4-5,7,12-13H,3,6,8-11H2. The molecule has 26 heavy (non-hydrogen) atoms. The van der Waals surface area contributed by atoms with Gasteiger partial charge in [0.05, 0.1) is 4.92 Å². The van der Waals surface area contributed by atoms with Crippen LogP contribution < -0.4 is 4.90 Å². The molecule has 7 nitrogen and oxygen atoms in total. The van der Waals surface area contributed by atoms with Crippen molar-refractivity contribution in [2.45, 2.75) is 12.8 Å². The van der Waals surface area contributed by atoms with Gasteiger partial charge >= 0.3 is 0 Å². The van der Waals surface area contributed by atoms with Crippen molar-refractivity contribution in [1.82, 2.24) is 9.88 Å². The van der Waals surface area contributed by atoms with Crippen molar-refractivity contribution in [3.8, 4) is 0 Å². The van der Waals surface area contributed by atoms with Crippen molar-refractivity contribution >= 4 is 28.9 Å². The summed E-state index contributed by atoms with van der Waals surface area (Å²) < 4.78 is 0. The van der Waals surface area contributed by atoms with Gasteiger partial charge in [-0.05, 0) is 30.2 Å². The Morgan fingerprint density at radius 3 is 2.65 bits per heavy atom. The summed E-state index contributed by atoms with van der Waals surface area (Å²) >= 11 is 5.87. The van der Waals surface area contributed by atoms with E-state index >= 15 is 0 Å². The van der Waals surface area contributed by atoms with Crippen molar-refractivity contribution in [2.75, 3.05) is 31.1 Å². The minimum atomic E-state index is -0.424. The van der Waals surface area contributed by atoms with Crippen molar-refractivity contribution < 1.29 is 9.72 Å². The molecule has 1 saturated heterocycles. The number of halogens is 1. The van der Waals surface area contributed by atoms with Crippen LogP contribution in [0.3, 0.4) is 0 Å². The Hall–Kier alpha value is -2.67. The Bertz CT molecular complexity index is 792. The lowest BCUT2D eigenvalue weighted by atomic mass is 10.1. The van der Waals surface area contributed by atoms with E-state index in [0.717, 1.165) is 5.56 Å². The van der Waals surface area contributed by atoms with E-state index in [1.54, 1.807) is 24.5 Å². The van der Waals surface area contributed by atoms with Crippen LogP contribution in [0.2, 0.25) is 5.02 Å². The van der Waals surface area contributed by atoms with Gasteiger partial charge in [0.15, 0.2) is 0 Å². The normalized spacial score (nSPS) is 14.3. The van der Waals surface area contributed by atoms with Gasteiger partial charge in [-0.2, -0.15) is 0 Å². The predicted octanol–water partition coefficient (Wildman–Crippen LogP) is 2.92. The number of aryl methyl sites for hydroxylation is 1. The third kappa shape index (κ3) is 4.29. The fourth-order valence-corrected chi connectivity index (χ4v) is 3.23. The summed E-state index contributed by atoms with van der Waals surface area (Å²) in [6.45, 7) is 2.21. The third-order valence-electron chi connectivity index (χ3n) is 4.46. The van der Waals surface area contributed by atoms with Gasteiger partial charge in [-0.15, -0.1) is 0 Å². The quantitative estimate of drug-likeness (QED) is 0.593. The number of pyridine rings is 1. The molecule has 1 aliphatic rings. The van der Waals surface area contributed by atoms with Crippen LogP contribution in [0.25, 0.3) is 0 Å². The van der Waals surface area contributed by atoms with Gasteiger partial charge in [0.2, 0.25) is 5.91 Å². The first-order chi connectivity index (χ1) is 12.5. The van der Waals surface area contributed by atoms with Gasteiger partial charge in [0.25, 0.3) is 5.69 Å². The van der Waals surface area contributed by atoms with E-state index in [9.17, 15) is 14.9 Å². The van der Waals surface area contributed by atoms with Crippen molar-refractivity contribution in [2.24, 2.45) is 0 Å². The van der Waals surface area contributed by atoms with Crippen LogP contribution in [-0.4, -0.2) is 46.9 Å². The number of anilines is 1. The Labute approximate surface area is 156 Å². The first kappa shape index (κ1) is 18.1. The summed E-state index contributed by atoms with van der Waals surface area (Å²) in [6, 6.07) is 8.49. The van der Waals surface area contributed by atoms with Gasteiger partial charge < -0.3 is 9.80 Å². The zero-order valence-electron chi connectivity index (χ0n) is 14.2. The van der Waals surface area contributed by atoms with Gasteiger partial charge in [-0.3, -0.25) is 19.9 Å². The molecule has 1 aliphatic heterocycles. The van der Waals surface area contributed by atoms with Gasteiger partial charge in [-0.1, -0.05) is 17.7 Å². The van der Waals surface area contributed by atoms with E-state index in [4.69, 9.17) is 11.6 Å². The molecule has 1 aromatic carbocycles. The Morgan fingerprint density at radius 1 is 1.23 bits per heavy atom. The van der Waals surface area contributed by atoms with E-state index in [0.29, 0.717) is 49.7 Å². The maximum atomic E-state index is 12.4. The second-order valence-corrected chi connectivity index (χ2v) is 6.56. The maximum Gasteiger partial charge on any atom is 0.294 e. The van der Waals surface area contributed by atoms with E-state index in [1.165, 1.54) is 6.07 Å². The van der Waals surface area contributed by atoms with E-state index in [2.05, 4.69) is 4.98 Å². The van der Waals surface area contributed by atoms with Crippen molar-refractivity contribution in [3.05, 3.63) is 63.4 Å². The van der Waals surface area contributed by atoms with Gasteiger partial charge in [0, 0.05) is 56.1 Å². The maximum absolute atomic E-state index is 12.4. The zero-order chi connectivity index (χ0) is 18.5. The number of carbonyl (C=O) groups is 1. The number of piperazine rings is 1. The molecule has 0 radical (unpaired) electrons. The second-order valence-electron chi connectivity index (χ2n) is 6.12. The Morgan fingerprint density at radius 2 is 2.00 bits per heavy atom. The second kappa shape index (κ2) is 8.14. The average Bonchev–Trinajstić information content (AvgIpc) is 2.67. The van der Waals surface area contributed by atoms with Crippen LogP contribution in [-0.2, 0) is 11.2 Å². The molecule has 0 saturated carbocycles. The van der Waals surface area contributed by atoms with Crippen LogP contribution >= 0.6 is 11.6 Å². The first-order valence-corrected chi connectivity index (χ1v) is 8.78. The highest BCUT2D eigenvalue weighted by Crippen LogP contribution is 2.31. The molecule has 1 aromatic heterocycles. The fraction of sp³-hybridized carbons (Fsp3) is 0.333. The molecule has 8 heteroatoms. The summed E-state index contributed by atoms with van der Waals surface area (Å²) in [5, 5.41) is 11.6. The van der Waals surface area contributed by atoms with Crippen molar-refractivity contribution in [1.29, 1.82) is 0 Å². The minimum Gasteiger partial charge on any atom is -0.362 e. The number of amides is 1. The number of benzene rings is 1. The number of aromatic nitrogens is 1. The SMILES string of the molecule is O=C(CCc1cccnc1)N1CCN(c2ccc(Cl)cc2[N+](=O)[O-])CC1. The lowest BCUT2D eigenvalue weighted by Gasteiger charge is -2.36. The molecular weight excluding hydrogens is 356 g/mol. The zero-order valence-corrected chi connectivity index (χ0v) is 14.9. The lowest BCUT2D eigenvalue weighted by Crippen LogP contribution is -2.49. The molecule has 0 unspecified atom stereocenters. The van der Waals surface area contributed by atoms with Crippen LogP contribution in [0.4, 0.5) is 11.4 Å². The van der Waals surface area contributed by atoms with Gasteiger partial charge in [-0.25, -0.2) is 0 Å². The molecule has 0 bridgehead atoms. The molecular formula is C18H19ClN4O3. The molecule has 0 atom stereocenters. The largest absolute Gasteiger partial charge is 0.362 e. The van der Waals surface area contributed by atoms with Gasteiger partial charge in [0.1, 0.15) is 5.69 Å². The van der Waals surface area contributed by atoms with E-state index in [-0.39, 0.29) is 11.6 Å². The highest BCUT2D eigenvalue weighted by atomic mass is 35.5. The van der Waals surface area contributed by atoms with Crippen LogP contribution in [0.1, 0.15) is 12.0 Å². The number of carbonyl (C=O) groups excluding carboxylic acids is 1. The van der Waals surface area contributed by atoms with E-state index in [1.807, 2.05) is 21.9 Å². The van der Waals surface area contributed by atoms with Crippen molar-refractivity contribution in [3.63, 3.8) is 0 Å². The lowest BCUT2D eigenvalue weighted by molar-refractivity contribution is -0.384. The topological polar surface area (TPSA) is 79.6 Å². The summed E-state index contributed by atoms with van der Waals surface area (Å²) in [6.07, 6.45) is 4.58. The van der Waals surface area contributed by atoms with Crippen LogP contribution in [0, 0.1) is 10.1 Å². The smallest absolute Gasteiger partial charge is 0.294 e. The molecule has 0 aliphatic carbocycles. The molecule has 1 fully saturated rings. The predicted molar refractivity (Wildman–Crippen MR) is 99.5 cm³/mol. The number of hydrogen-bond donors (Lipinski definition) is 0. The number of nitro benzene ring substituents is 1. The monoisotopic (exact) mass is 374 g/mol. The molecule has 0 spiro atoms. The number of nitrogens with zero attached hydrogens (tertiary/aromatic N) is 4. The highest BCUT2D eigenvalue weighted by molar-refractivity contribution is 6.30. The third-order valence-corrected chi connectivity index (χ3v) is 4.69. The summed E-state index contributed by atoms with van der Waals surface area (Å²) in [7, 11) is 0. The highest BCUT2D eigenvalue weighted by Gasteiger charge is 2.25. The molecule has 0 N–H and O–H groups in total. The number of hydrogen-bond acceptors (Lipinski definition) is 5. The molecule has 136 valence electrons. The van der Waals surface area contributed by atoms with E-state index < -0.39 is 4.92 Å². The first-order valence-electron chi connectivity index (χ1n) is 8.40.